The van der Waals surface area contributed by atoms with Crippen molar-refractivity contribution in [1.82, 2.24) is 19.3 Å². The predicted molar refractivity (Wildman–Crippen MR) is 99.5 cm³/mol. The molecule has 5 rings (SSSR count). The van der Waals surface area contributed by atoms with Crippen LogP contribution in [0.5, 0.6) is 0 Å². The third kappa shape index (κ3) is 2.74. The second-order valence-electron chi connectivity index (χ2n) is 6.81. The number of hydrogen-bond acceptors (Lipinski definition) is 5. The number of nitrogens with zero attached hydrogens (tertiary/aromatic N) is 4. The molecule has 2 heterocycles. The van der Waals surface area contributed by atoms with Crippen LogP contribution in [-0.4, -0.2) is 19.3 Å². The Morgan fingerprint density at radius 2 is 1.93 bits per heavy atom. The fourth-order valence-corrected chi connectivity index (χ4v) is 3.35. The van der Waals surface area contributed by atoms with Gasteiger partial charge in [-0.05, 0) is 37.1 Å². The van der Waals surface area contributed by atoms with Gasteiger partial charge in [0.2, 0.25) is 11.7 Å². The van der Waals surface area contributed by atoms with Gasteiger partial charge in [0.25, 0.3) is 5.56 Å². The van der Waals surface area contributed by atoms with Gasteiger partial charge in [0.15, 0.2) is 0 Å². The molecular weight excluding hydrogens is 363 g/mol. The van der Waals surface area contributed by atoms with Crippen LogP contribution in [0, 0.1) is 5.82 Å². The largest absolute Gasteiger partial charge is 0.337 e. The minimum atomic E-state index is -0.400. The third-order valence-corrected chi connectivity index (χ3v) is 4.84. The zero-order chi connectivity index (χ0) is 19.3. The number of fused-ring (bicyclic) bond motifs is 1. The fraction of sp³-hybridized carbons (Fsp3) is 0.200. The number of aromatic nitrogens is 4. The first-order valence-electron chi connectivity index (χ1n) is 8.94. The quantitative estimate of drug-likeness (QED) is 0.545. The summed E-state index contributed by atoms with van der Waals surface area (Å²) in [6.07, 6.45) is 1.63. The Hall–Kier alpha value is -3.55. The molecule has 4 aromatic rings. The van der Waals surface area contributed by atoms with Gasteiger partial charge in [0.1, 0.15) is 12.4 Å². The average Bonchev–Trinajstić information content (AvgIpc) is 3.42. The monoisotopic (exact) mass is 378 g/mol. The minimum Gasteiger partial charge on any atom is -0.337 e. The lowest BCUT2D eigenvalue weighted by Crippen LogP contribution is -2.39. The summed E-state index contributed by atoms with van der Waals surface area (Å²) >= 11 is 0. The molecule has 140 valence electrons. The molecule has 1 aliphatic rings. The highest BCUT2D eigenvalue weighted by Gasteiger charge is 2.29. The summed E-state index contributed by atoms with van der Waals surface area (Å²) in [6, 6.07) is 12.8. The van der Waals surface area contributed by atoms with E-state index in [1.54, 1.807) is 36.4 Å². The van der Waals surface area contributed by atoms with E-state index in [4.69, 9.17) is 4.52 Å². The third-order valence-electron chi connectivity index (χ3n) is 4.84. The number of rotatable bonds is 4. The maximum Gasteiger partial charge on any atom is 0.332 e. The van der Waals surface area contributed by atoms with Gasteiger partial charge in [-0.2, -0.15) is 4.98 Å². The Morgan fingerprint density at radius 1 is 1.11 bits per heavy atom. The van der Waals surface area contributed by atoms with E-state index in [1.807, 2.05) is 0 Å². The van der Waals surface area contributed by atoms with Gasteiger partial charge in [-0.3, -0.25) is 13.9 Å². The molecule has 0 aliphatic heterocycles. The molecule has 0 unspecified atom stereocenters. The summed E-state index contributed by atoms with van der Waals surface area (Å²) in [6.45, 7) is 0.0225. The molecule has 1 aliphatic carbocycles. The molecule has 0 amide bonds. The van der Waals surface area contributed by atoms with E-state index in [2.05, 4.69) is 10.1 Å². The van der Waals surface area contributed by atoms with Gasteiger partial charge in [-0.15, -0.1) is 0 Å². The molecule has 7 nitrogen and oxygen atoms in total. The van der Waals surface area contributed by atoms with Crippen molar-refractivity contribution < 1.29 is 8.91 Å². The molecule has 2 aromatic heterocycles. The van der Waals surface area contributed by atoms with Crippen LogP contribution in [0.3, 0.4) is 0 Å². The number of halogens is 1. The Morgan fingerprint density at radius 3 is 2.71 bits per heavy atom. The minimum absolute atomic E-state index is 0.0225. The first-order valence-corrected chi connectivity index (χ1v) is 8.94. The Labute approximate surface area is 157 Å². The topological polar surface area (TPSA) is 82.9 Å². The average molecular weight is 378 g/mol. The van der Waals surface area contributed by atoms with Gasteiger partial charge in [0.05, 0.1) is 10.9 Å². The van der Waals surface area contributed by atoms with Gasteiger partial charge >= 0.3 is 5.69 Å². The van der Waals surface area contributed by atoms with Crippen LogP contribution in [0.15, 0.2) is 62.6 Å². The maximum absolute atomic E-state index is 13.4. The second-order valence-corrected chi connectivity index (χ2v) is 6.81. The van der Waals surface area contributed by atoms with Crippen molar-refractivity contribution in [2.24, 2.45) is 0 Å². The number of benzene rings is 2. The first kappa shape index (κ1) is 16.6. The fourth-order valence-electron chi connectivity index (χ4n) is 3.35. The van der Waals surface area contributed by atoms with Crippen molar-refractivity contribution in [3.63, 3.8) is 0 Å². The molecule has 0 N–H and O–H groups in total. The van der Waals surface area contributed by atoms with Gasteiger partial charge in [0, 0.05) is 11.6 Å². The highest BCUT2D eigenvalue weighted by atomic mass is 19.1. The van der Waals surface area contributed by atoms with Crippen molar-refractivity contribution in [1.29, 1.82) is 0 Å². The van der Waals surface area contributed by atoms with Crippen LogP contribution in [0.4, 0.5) is 4.39 Å². The van der Waals surface area contributed by atoms with Crippen LogP contribution in [-0.2, 0) is 6.54 Å². The van der Waals surface area contributed by atoms with Crippen molar-refractivity contribution in [3.8, 4) is 11.4 Å². The number of para-hydroxylation sites is 1. The van der Waals surface area contributed by atoms with Gasteiger partial charge < -0.3 is 4.52 Å². The van der Waals surface area contributed by atoms with Gasteiger partial charge in [-0.1, -0.05) is 29.4 Å². The lowest BCUT2D eigenvalue weighted by Gasteiger charge is -2.12. The lowest BCUT2D eigenvalue weighted by molar-refractivity contribution is 0.369. The molecule has 0 radical (unpaired) electrons. The highest BCUT2D eigenvalue weighted by molar-refractivity contribution is 5.77. The predicted octanol–water partition coefficient (Wildman–Crippen LogP) is 2.74. The van der Waals surface area contributed by atoms with E-state index >= 15 is 0 Å². The maximum atomic E-state index is 13.4. The zero-order valence-corrected chi connectivity index (χ0v) is 14.7. The van der Waals surface area contributed by atoms with E-state index < -0.39 is 11.5 Å². The van der Waals surface area contributed by atoms with E-state index in [0.717, 1.165) is 12.8 Å². The van der Waals surface area contributed by atoms with Gasteiger partial charge in [-0.25, -0.2) is 9.18 Å². The second kappa shape index (κ2) is 6.26. The van der Waals surface area contributed by atoms with E-state index in [0.29, 0.717) is 16.5 Å². The van der Waals surface area contributed by atoms with E-state index in [1.165, 1.54) is 21.3 Å². The van der Waals surface area contributed by atoms with Crippen molar-refractivity contribution in [3.05, 3.63) is 81.1 Å². The first-order chi connectivity index (χ1) is 13.6. The van der Waals surface area contributed by atoms with E-state index in [9.17, 15) is 14.0 Å². The summed E-state index contributed by atoms with van der Waals surface area (Å²) in [5, 5.41) is 4.36. The lowest BCUT2D eigenvalue weighted by atomic mass is 10.2. The molecule has 0 atom stereocenters. The summed E-state index contributed by atoms with van der Waals surface area (Å²) in [5.41, 5.74) is 0.331. The SMILES string of the molecule is O=c1c2ccccc2n(Cc2nc(-c3cccc(F)c3)no2)c(=O)n1C1CC1. The Kier molecular flexibility index (Phi) is 3.71. The van der Waals surface area contributed by atoms with Crippen molar-refractivity contribution >= 4 is 10.9 Å². The molecule has 0 spiro atoms. The molecule has 28 heavy (non-hydrogen) atoms. The summed E-state index contributed by atoms with van der Waals surface area (Å²) in [7, 11) is 0. The molecular formula is C20H15FN4O3. The molecule has 0 saturated heterocycles. The molecule has 8 heteroatoms. The highest BCUT2D eigenvalue weighted by Crippen LogP contribution is 2.32. The van der Waals surface area contributed by atoms with Crippen LogP contribution < -0.4 is 11.2 Å². The smallest absolute Gasteiger partial charge is 0.332 e. The molecule has 2 aromatic carbocycles. The van der Waals surface area contributed by atoms with Crippen molar-refractivity contribution in [2.45, 2.75) is 25.4 Å². The van der Waals surface area contributed by atoms with Crippen LogP contribution >= 0.6 is 0 Å². The van der Waals surface area contributed by atoms with Crippen LogP contribution in [0.1, 0.15) is 24.8 Å². The van der Waals surface area contributed by atoms with E-state index in [-0.39, 0.29) is 29.9 Å². The zero-order valence-electron chi connectivity index (χ0n) is 14.7. The summed E-state index contributed by atoms with van der Waals surface area (Å²) < 4.78 is 21.5. The van der Waals surface area contributed by atoms with Crippen LogP contribution in [0.2, 0.25) is 0 Å². The molecule has 1 fully saturated rings. The number of hydrogen-bond donors (Lipinski definition) is 0. The molecule has 0 bridgehead atoms. The molecule has 1 saturated carbocycles. The van der Waals surface area contributed by atoms with Crippen molar-refractivity contribution in [2.75, 3.05) is 0 Å². The Balaban J connectivity index is 1.61. The standard InChI is InChI=1S/C20H15FN4O3/c21-13-5-3-4-12(10-13)18-22-17(28-23-18)11-24-16-7-2-1-6-15(16)19(26)25(20(24)27)14-8-9-14/h1-7,10,14H,8-9,11H2. The summed E-state index contributed by atoms with van der Waals surface area (Å²) in [5.74, 6) is 0.0393. The van der Waals surface area contributed by atoms with Crippen LogP contribution in [0.25, 0.3) is 22.3 Å². The summed E-state index contributed by atoms with van der Waals surface area (Å²) in [4.78, 5) is 30.0. The Bertz CT molecular complexity index is 1320. The normalized spacial score (nSPS) is 13.9.